The van der Waals surface area contributed by atoms with Crippen LogP contribution in [0.5, 0.6) is 0 Å². The fourth-order valence-electron chi connectivity index (χ4n) is 3.17. The highest BCUT2D eigenvalue weighted by Crippen LogP contribution is 2.27. The van der Waals surface area contributed by atoms with Gasteiger partial charge in [-0.2, -0.15) is 0 Å². The second-order valence-corrected chi connectivity index (χ2v) is 6.57. The van der Waals surface area contributed by atoms with Crippen LogP contribution in [0.15, 0.2) is 73.3 Å². The maximum Gasteiger partial charge on any atom is 0.242 e. The third kappa shape index (κ3) is 4.38. The normalized spacial score (nSPS) is 13.1. The largest absolute Gasteiger partial charge is 0.368 e. The van der Waals surface area contributed by atoms with Crippen molar-refractivity contribution in [2.45, 2.75) is 31.8 Å². The van der Waals surface area contributed by atoms with Crippen LogP contribution in [0, 0.1) is 0 Å². The van der Waals surface area contributed by atoms with Gasteiger partial charge in [-0.25, -0.2) is 0 Å². The molecular weight excluding hydrogens is 336 g/mol. The van der Waals surface area contributed by atoms with E-state index >= 15 is 0 Å². The molecule has 2 aromatic heterocycles. The zero-order chi connectivity index (χ0) is 19.1. The highest BCUT2D eigenvalue weighted by atomic mass is 16.1. The topological polar surface area (TPSA) is 80.9 Å². The molecule has 0 radical (unpaired) electrons. The molecule has 27 heavy (non-hydrogen) atoms. The number of primary amides is 1. The van der Waals surface area contributed by atoms with Crippen molar-refractivity contribution in [2.75, 3.05) is 0 Å². The van der Waals surface area contributed by atoms with Crippen LogP contribution in [0.2, 0.25) is 0 Å². The lowest BCUT2D eigenvalue weighted by Gasteiger charge is -2.33. The van der Waals surface area contributed by atoms with Crippen LogP contribution in [0.4, 0.5) is 0 Å². The van der Waals surface area contributed by atoms with E-state index < -0.39 is 11.4 Å². The Balaban J connectivity index is 1.99. The first-order chi connectivity index (χ1) is 13.1. The highest BCUT2D eigenvalue weighted by Gasteiger charge is 2.38. The number of aryl methyl sites for hydroxylation is 1. The molecule has 0 bridgehead atoms. The summed E-state index contributed by atoms with van der Waals surface area (Å²) in [5, 5.41) is 3.42. The standard InChI is InChI=1S/C22H24N4O/c1-2-17-5-7-20(8-6-17)22(21(23)27,14-18-9-12-24-13-10-18)26-16-19-4-3-11-25-15-19/h3-13,15,26H,2,14,16H2,1H3,(H2,23,27). The first kappa shape index (κ1) is 18.7. The second kappa shape index (κ2) is 8.56. The van der Waals surface area contributed by atoms with Crippen molar-refractivity contribution in [3.8, 4) is 0 Å². The number of nitrogens with two attached hydrogens (primary N) is 1. The molecule has 1 unspecified atom stereocenters. The molecule has 3 aromatic rings. The van der Waals surface area contributed by atoms with Crippen LogP contribution >= 0.6 is 0 Å². The number of nitrogens with zero attached hydrogens (tertiary/aromatic N) is 2. The SMILES string of the molecule is CCc1ccc(C(Cc2ccncc2)(NCc2cccnc2)C(N)=O)cc1. The summed E-state index contributed by atoms with van der Waals surface area (Å²) in [7, 11) is 0. The Kier molecular flexibility index (Phi) is 5.94. The van der Waals surface area contributed by atoms with E-state index in [1.165, 1.54) is 5.56 Å². The van der Waals surface area contributed by atoms with Gasteiger partial charge in [-0.05, 0) is 46.9 Å². The number of rotatable bonds is 8. The van der Waals surface area contributed by atoms with Gasteiger partial charge in [0, 0.05) is 37.8 Å². The van der Waals surface area contributed by atoms with Gasteiger partial charge in [0.15, 0.2) is 0 Å². The number of aromatic nitrogens is 2. The minimum atomic E-state index is -1.02. The van der Waals surface area contributed by atoms with Crippen LogP contribution in [-0.4, -0.2) is 15.9 Å². The number of pyridine rings is 2. The maximum absolute atomic E-state index is 12.7. The molecule has 1 amide bonds. The fourth-order valence-corrected chi connectivity index (χ4v) is 3.17. The highest BCUT2D eigenvalue weighted by molar-refractivity contribution is 5.86. The van der Waals surface area contributed by atoms with Gasteiger partial charge in [0.05, 0.1) is 0 Å². The number of amides is 1. The van der Waals surface area contributed by atoms with E-state index in [9.17, 15) is 4.79 Å². The Morgan fingerprint density at radius 1 is 0.963 bits per heavy atom. The minimum Gasteiger partial charge on any atom is -0.368 e. The lowest BCUT2D eigenvalue weighted by molar-refractivity contribution is -0.125. The van der Waals surface area contributed by atoms with E-state index in [1.807, 2.05) is 48.5 Å². The first-order valence-corrected chi connectivity index (χ1v) is 9.06. The Hall–Kier alpha value is -3.05. The van der Waals surface area contributed by atoms with Crippen molar-refractivity contribution >= 4 is 5.91 Å². The summed E-state index contributed by atoms with van der Waals surface area (Å²) in [5.74, 6) is -0.410. The van der Waals surface area contributed by atoms with E-state index in [1.54, 1.807) is 24.8 Å². The van der Waals surface area contributed by atoms with Gasteiger partial charge in [-0.15, -0.1) is 0 Å². The zero-order valence-electron chi connectivity index (χ0n) is 15.4. The predicted molar refractivity (Wildman–Crippen MR) is 106 cm³/mol. The molecular formula is C22H24N4O. The molecule has 138 valence electrons. The van der Waals surface area contributed by atoms with Gasteiger partial charge in [0.25, 0.3) is 0 Å². The molecule has 3 N–H and O–H groups in total. The molecule has 1 atom stereocenters. The molecule has 5 heteroatoms. The molecule has 2 heterocycles. The van der Waals surface area contributed by atoms with Crippen molar-refractivity contribution in [3.05, 3.63) is 95.6 Å². The first-order valence-electron chi connectivity index (χ1n) is 9.06. The van der Waals surface area contributed by atoms with E-state index in [0.29, 0.717) is 13.0 Å². The Morgan fingerprint density at radius 3 is 2.30 bits per heavy atom. The Bertz CT molecular complexity index is 866. The average molecular weight is 360 g/mol. The molecule has 0 aliphatic rings. The molecule has 1 aromatic carbocycles. The zero-order valence-corrected chi connectivity index (χ0v) is 15.4. The van der Waals surface area contributed by atoms with Gasteiger partial charge in [-0.3, -0.25) is 20.1 Å². The maximum atomic E-state index is 12.7. The summed E-state index contributed by atoms with van der Waals surface area (Å²) >= 11 is 0. The number of hydrogen-bond donors (Lipinski definition) is 2. The Morgan fingerprint density at radius 2 is 1.70 bits per heavy atom. The van der Waals surface area contributed by atoms with Gasteiger partial charge < -0.3 is 5.73 Å². The van der Waals surface area contributed by atoms with Crippen LogP contribution in [0.3, 0.4) is 0 Å². The molecule has 0 fully saturated rings. The van der Waals surface area contributed by atoms with Crippen LogP contribution in [-0.2, 0) is 29.7 Å². The average Bonchev–Trinajstić information content (AvgIpc) is 2.72. The monoisotopic (exact) mass is 360 g/mol. The quantitative estimate of drug-likeness (QED) is 0.647. The van der Waals surface area contributed by atoms with Gasteiger partial charge >= 0.3 is 0 Å². The van der Waals surface area contributed by atoms with Gasteiger partial charge in [0.1, 0.15) is 5.54 Å². The van der Waals surface area contributed by atoms with Crippen LogP contribution in [0.1, 0.15) is 29.2 Å². The number of carbonyl (C=O) groups excluding carboxylic acids is 1. The van der Waals surface area contributed by atoms with Crippen molar-refractivity contribution in [3.63, 3.8) is 0 Å². The van der Waals surface area contributed by atoms with E-state index in [2.05, 4.69) is 22.2 Å². The molecule has 0 aliphatic heterocycles. The predicted octanol–water partition coefficient (Wildman–Crippen LogP) is 2.75. The Labute approximate surface area is 159 Å². The number of hydrogen-bond acceptors (Lipinski definition) is 4. The lowest BCUT2D eigenvalue weighted by Crippen LogP contribution is -2.54. The van der Waals surface area contributed by atoms with Gasteiger partial charge in [0.2, 0.25) is 5.91 Å². The molecule has 0 saturated carbocycles. The van der Waals surface area contributed by atoms with Gasteiger partial charge in [-0.1, -0.05) is 37.3 Å². The summed E-state index contributed by atoms with van der Waals surface area (Å²) in [6.45, 7) is 2.59. The summed E-state index contributed by atoms with van der Waals surface area (Å²) < 4.78 is 0. The lowest BCUT2D eigenvalue weighted by atomic mass is 9.82. The van der Waals surface area contributed by atoms with Crippen molar-refractivity contribution in [1.29, 1.82) is 0 Å². The number of carbonyl (C=O) groups is 1. The fraction of sp³-hybridized carbons (Fsp3) is 0.227. The van der Waals surface area contributed by atoms with Crippen molar-refractivity contribution in [1.82, 2.24) is 15.3 Å². The molecule has 5 nitrogen and oxygen atoms in total. The van der Waals surface area contributed by atoms with Crippen LogP contribution < -0.4 is 11.1 Å². The van der Waals surface area contributed by atoms with E-state index in [4.69, 9.17) is 5.73 Å². The van der Waals surface area contributed by atoms with Crippen molar-refractivity contribution in [2.24, 2.45) is 5.73 Å². The summed E-state index contributed by atoms with van der Waals surface area (Å²) in [4.78, 5) is 20.9. The number of benzene rings is 1. The van der Waals surface area contributed by atoms with Crippen LogP contribution in [0.25, 0.3) is 0 Å². The molecule has 3 rings (SSSR count). The third-order valence-corrected chi connectivity index (χ3v) is 4.81. The van der Waals surface area contributed by atoms with E-state index in [-0.39, 0.29) is 0 Å². The van der Waals surface area contributed by atoms with Crippen molar-refractivity contribution < 1.29 is 4.79 Å². The smallest absolute Gasteiger partial charge is 0.242 e. The summed E-state index contributed by atoms with van der Waals surface area (Å²) in [6, 6.07) is 15.7. The molecule has 0 aliphatic carbocycles. The number of nitrogens with one attached hydrogen (secondary N) is 1. The summed E-state index contributed by atoms with van der Waals surface area (Å²) in [5.41, 5.74) is 8.98. The van der Waals surface area contributed by atoms with E-state index in [0.717, 1.165) is 23.1 Å². The second-order valence-electron chi connectivity index (χ2n) is 6.57. The molecule has 0 saturated heterocycles. The third-order valence-electron chi connectivity index (χ3n) is 4.81. The summed E-state index contributed by atoms with van der Waals surface area (Å²) in [6.07, 6.45) is 8.34. The minimum absolute atomic E-state index is 0.410. The molecule has 0 spiro atoms.